The molecule has 0 amide bonds. The summed E-state index contributed by atoms with van der Waals surface area (Å²) in [5.74, 6) is 0.938. The quantitative estimate of drug-likeness (QED) is 0.801. The lowest BCUT2D eigenvalue weighted by atomic mass is 10.1. The molecule has 0 aliphatic carbocycles. The van der Waals surface area contributed by atoms with Crippen LogP contribution in [0.5, 0.6) is 0 Å². The molecule has 0 aliphatic rings. The highest BCUT2D eigenvalue weighted by atomic mass is 32.2. The maximum absolute atomic E-state index is 12.6. The van der Waals surface area contributed by atoms with Crippen LogP contribution >= 0.6 is 0 Å². The molecule has 0 bridgehead atoms. The van der Waals surface area contributed by atoms with Gasteiger partial charge in [0.25, 0.3) is 0 Å². The number of anilines is 1. The predicted molar refractivity (Wildman–Crippen MR) is 82.3 cm³/mol. The largest absolute Gasteiger partial charge is 0.370 e. The zero-order valence-corrected chi connectivity index (χ0v) is 13.6. The molecule has 20 heavy (non-hydrogen) atoms. The molecule has 0 aliphatic heterocycles. The van der Waals surface area contributed by atoms with E-state index in [1.807, 2.05) is 13.8 Å². The van der Waals surface area contributed by atoms with Crippen LogP contribution in [0.3, 0.4) is 0 Å². The number of sulfonamides is 1. The average molecular weight is 299 g/mol. The Hall–Kier alpha value is -1.14. The van der Waals surface area contributed by atoms with Gasteiger partial charge in [-0.1, -0.05) is 27.2 Å². The summed E-state index contributed by atoms with van der Waals surface area (Å²) in [6, 6.07) is 3.15. The number of nitrogens with zero attached hydrogens (tertiary/aromatic N) is 2. The Bertz CT molecular complexity index is 517. The van der Waals surface area contributed by atoms with Crippen LogP contribution in [0.4, 0.5) is 5.82 Å². The number of nitrogens with one attached hydrogen (secondary N) is 1. The minimum absolute atomic E-state index is 0.300. The van der Waals surface area contributed by atoms with Crippen LogP contribution in [0, 0.1) is 5.92 Å². The second kappa shape index (κ2) is 7.59. The second-order valence-electron chi connectivity index (χ2n) is 4.88. The molecule has 0 aromatic carbocycles. The molecule has 1 aromatic rings. The summed E-state index contributed by atoms with van der Waals surface area (Å²) in [5, 5.41) is 3.03. The van der Waals surface area contributed by atoms with Crippen molar-refractivity contribution in [3.8, 4) is 0 Å². The highest BCUT2D eigenvalue weighted by Crippen LogP contribution is 2.19. The van der Waals surface area contributed by atoms with Crippen molar-refractivity contribution in [3.63, 3.8) is 0 Å². The van der Waals surface area contributed by atoms with Gasteiger partial charge in [-0.3, -0.25) is 0 Å². The minimum atomic E-state index is -3.44. The maximum Gasteiger partial charge on any atom is 0.243 e. The van der Waals surface area contributed by atoms with Crippen LogP contribution < -0.4 is 5.32 Å². The Balaban J connectivity index is 3.04. The van der Waals surface area contributed by atoms with Gasteiger partial charge < -0.3 is 5.32 Å². The van der Waals surface area contributed by atoms with E-state index in [4.69, 9.17) is 0 Å². The first-order chi connectivity index (χ1) is 9.45. The zero-order chi connectivity index (χ0) is 15.2. The highest BCUT2D eigenvalue weighted by molar-refractivity contribution is 7.89. The smallest absolute Gasteiger partial charge is 0.243 e. The van der Waals surface area contributed by atoms with Gasteiger partial charge >= 0.3 is 0 Å². The van der Waals surface area contributed by atoms with Crippen molar-refractivity contribution < 1.29 is 8.42 Å². The number of pyridine rings is 1. The Morgan fingerprint density at radius 1 is 1.35 bits per heavy atom. The fourth-order valence-corrected chi connectivity index (χ4v) is 3.45. The lowest BCUT2D eigenvalue weighted by Gasteiger charge is -2.23. The molecule has 1 aromatic heterocycles. The molecule has 0 spiro atoms. The molecule has 5 nitrogen and oxygen atoms in total. The molecule has 1 rings (SSSR count). The zero-order valence-electron chi connectivity index (χ0n) is 12.8. The fraction of sp³-hybridized carbons (Fsp3) is 0.643. The van der Waals surface area contributed by atoms with E-state index in [1.54, 1.807) is 12.1 Å². The molecule has 6 heteroatoms. The van der Waals surface area contributed by atoms with Crippen LogP contribution in [0.15, 0.2) is 23.2 Å². The van der Waals surface area contributed by atoms with Gasteiger partial charge in [-0.05, 0) is 18.9 Å². The third kappa shape index (κ3) is 4.18. The first-order valence-corrected chi connectivity index (χ1v) is 8.59. The van der Waals surface area contributed by atoms with E-state index >= 15 is 0 Å². The first kappa shape index (κ1) is 16.9. The molecular weight excluding hydrogens is 274 g/mol. The van der Waals surface area contributed by atoms with Crippen molar-refractivity contribution in [2.24, 2.45) is 5.92 Å². The summed E-state index contributed by atoms with van der Waals surface area (Å²) in [6.07, 6.45) is 2.49. The Labute approximate surface area is 122 Å². The summed E-state index contributed by atoms with van der Waals surface area (Å²) in [4.78, 5) is 4.41. The van der Waals surface area contributed by atoms with Gasteiger partial charge in [-0.15, -0.1) is 0 Å². The minimum Gasteiger partial charge on any atom is -0.370 e. The lowest BCUT2D eigenvalue weighted by Crippen LogP contribution is -2.34. The fourth-order valence-electron chi connectivity index (χ4n) is 1.87. The molecule has 0 saturated carbocycles. The van der Waals surface area contributed by atoms with Crippen LogP contribution in [-0.4, -0.2) is 37.3 Å². The molecule has 0 fully saturated rings. The van der Waals surface area contributed by atoms with Crippen molar-refractivity contribution in [1.82, 2.24) is 9.29 Å². The summed E-state index contributed by atoms with van der Waals surface area (Å²) in [5.41, 5.74) is 0. The summed E-state index contributed by atoms with van der Waals surface area (Å²) in [7, 11) is -3.44. The van der Waals surface area contributed by atoms with Gasteiger partial charge in [0, 0.05) is 31.9 Å². The van der Waals surface area contributed by atoms with Crippen molar-refractivity contribution in [1.29, 1.82) is 0 Å². The van der Waals surface area contributed by atoms with Crippen molar-refractivity contribution in [3.05, 3.63) is 18.3 Å². The molecular formula is C14H25N3O2S. The monoisotopic (exact) mass is 299 g/mol. The average Bonchev–Trinajstić information content (AvgIpc) is 2.44. The third-order valence-electron chi connectivity index (χ3n) is 3.29. The van der Waals surface area contributed by atoms with Crippen molar-refractivity contribution in [2.75, 3.05) is 25.0 Å². The van der Waals surface area contributed by atoms with Crippen molar-refractivity contribution >= 4 is 15.8 Å². The van der Waals surface area contributed by atoms with E-state index in [2.05, 4.69) is 24.1 Å². The topological polar surface area (TPSA) is 62.3 Å². The standard InChI is InChI=1S/C14H25N3O2S/c1-5-12(4)11-17(7-3)20(18,19)13-8-9-16-14(10-13)15-6-2/h8-10,12H,5-7,11H2,1-4H3,(H,15,16). The SMILES string of the molecule is CCNc1cc(S(=O)(=O)N(CC)CC(C)CC)ccn1. The van der Waals surface area contributed by atoms with Gasteiger partial charge in [0.05, 0.1) is 4.90 Å². The molecule has 1 atom stereocenters. The number of hydrogen-bond acceptors (Lipinski definition) is 4. The molecule has 114 valence electrons. The van der Waals surface area contributed by atoms with Gasteiger partial charge in [0.1, 0.15) is 5.82 Å². The maximum atomic E-state index is 12.6. The van der Waals surface area contributed by atoms with Gasteiger partial charge in [-0.25, -0.2) is 13.4 Å². The Kier molecular flexibility index (Phi) is 6.42. The second-order valence-corrected chi connectivity index (χ2v) is 6.81. The van der Waals surface area contributed by atoms with Crippen LogP contribution in [0.25, 0.3) is 0 Å². The van der Waals surface area contributed by atoms with E-state index in [9.17, 15) is 8.42 Å². The van der Waals surface area contributed by atoms with Gasteiger partial charge in [-0.2, -0.15) is 4.31 Å². The van der Waals surface area contributed by atoms with Gasteiger partial charge in [0.15, 0.2) is 0 Å². The molecule has 0 saturated heterocycles. The molecule has 1 unspecified atom stereocenters. The molecule has 1 N–H and O–H groups in total. The summed E-state index contributed by atoms with van der Waals surface area (Å²) < 4.78 is 26.8. The van der Waals surface area contributed by atoms with E-state index in [-0.39, 0.29) is 0 Å². The number of rotatable bonds is 8. The normalized spacial score (nSPS) is 13.4. The van der Waals surface area contributed by atoms with Crippen LogP contribution in [-0.2, 0) is 10.0 Å². The summed E-state index contributed by atoms with van der Waals surface area (Å²) >= 11 is 0. The van der Waals surface area contributed by atoms with E-state index in [0.29, 0.717) is 36.3 Å². The van der Waals surface area contributed by atoms with E-state index < -0.39 is 10.0 Å². The molecule has 1 heterocycles. The first-order valence-electron chi connectivity index (χ1n) is 7.15. The Morgan fingerprint density at radius 3 is 2.60 bits per heavy atom. The number of aromatic nitrogens is 1. The highest BCUT2D eigenvalue weighted by Gasteiger charge is 2.24. The number of hydrogen-bond donors (Lipinski definition) is 1. The summed E-state index contributed by atoms with van der Waals surface area (Å²) in [6.45, 7) is 9.69. The lowest BCUT2D eigenvalue weighted by molar-refractivity contribution is 0.361. The van der Waals surface area contributed by atoms with Crippen LogP contribution in [0.1, 0.15) is 34.1 Å². The van der Waals surface area contributed by atoms with Gasteiger partial charge in [0.2, 0.25) is 10.0 Å². The van der Waals surface area contributed by atoms with Crippen LogP contribution in [0.2, 0.25) is 0 Å². The predicted octanol–water partition coefficient (Wildman–Crippen LogP) is 2.57. The molecule has 0 radical (unpaired) electrons. The van der Waals surface area contributed by atoms with E-state index in [0.717, 1.165) is 6.42 Å². The van der Waals surface area contributed by atoms with E-state index in [1.165, 1.54) is 10.5 Å². The third-order valence-corrected chi connectivity index (χ3v) is 5.23. The Morgan fingerprint density at radius 2 is 2.05 bits per heavy atom. The van der Waals surface area contributed by atoms with Crippen molar-refractivity contribution in [2.45, 2.75) is 39.0 Å².